The Morgan fingerprint density at radius 2 is 1.60 bits per heavy atom. The number of benzene rings is 2. The predicted octanol–water partition coefficient (Wildman–Crippen LogP) is 4.26. The molecule has 2 N–H and O–H groups in total. The third-order valence-corrected chi connectivity index (χ3v) is 3.95. The van der Waals surface area contributed by atoms with Gasteiger partial charge in [0.05, 0.1) is 13.2 Å². The van der Waals surface area contributed by atoms with Gasteiger partial charge in [-0.2, -0.15) is 0 Å². The zero-order valence-electron chi connectivity index (χ0n) is 12.5. The molecule has 0 saturated carbocycles. The molecule has 2 unspecified atom stereocenters. The Kier molecular flexibility index (Phi) is 4.80. The van der Waals surface area contributed by atoms with Gasteiger partial charge in [0.15, 0.2) is 0 Å². The Morgan fingerprint density at radius 1 is 1.00 bits per heavy atom. The second kappa shape index (κ2) is 6.58. The number of nitrogens with two attached hydrogens (primary N) is 1. The van der Waals surface area contributed by atoms with Crippen LogP contribution in [0.2, 0.25) is 0 Å². The maximum atomic E-state index is 6.37. The van der Waals surface area contributed by atoms with E-state index in [0.717, 1.165) is 23.3 Å². The van der Waals surface area contributed by atoms with Crippen molar-refractivity contribution in [3.05, 3.63) is 65.2 Å². The molecule has 2 nitrogen and oxygen atoms in total. The molecule has 0 heterocycles. The molecule has 2 aromatic carbocycles. The van der Waals surface area contributed by atoms with Crippen LogP contribution in [0, 0.1) is 0 Å². The molecule has 0 bridgehead atoms. The molecule has 0 aliphatic heterocycles. The zero-order valence-corrected chi connectivity index (χ0v) is 12.5. The van der Waals surface area contributed by atoms with Gasteiger partial charge in [-0.05, 0) is 29.5 Å². The average Bonchev–Trinajstić information content (AvgIpc) is 2.53. The lowest BCUT2D eigenvalue weighted by Gasteiger charge is -2.17. The number of hydrogen-bond acceptors (Lipinski definition) is 2. The summed E-state index contributed by atoms with van der Waals surface area (Å²) in [4.78, 5) is 0. The SMILES string of the molecule is CCC(C)c1ccc(C(N)c2ccccc2OC)cc1. The Labute approximate surface area is 121 Å². The van der Waals surface area contributed by atoms with E-state index in [2.05, 4.69) is 38.1 Å². The molecule has 20 heavy (non-hydrogen) atoms. The van der Waals surface area contributed by atoms with Crippen LogP contribution < -0.4 is 10.5 Å². The molecular formula is C18H23NO. The highest BCUT2D eigenvalue weighted by molar-refractivity contribution is 5.41. The van der Waals surface area contributed by atoms with Gasteiger partial charge in [-0.3, -0.25) is 0 Å². The highest BCUT2D eigenvalue weighted by Crippen LogP contribution is 2.29. The Bertz CT molecular complexity index is 548. The summed E-state index contributed by atoms with van der Waals surface area (Å²) >= 11 is 0. The molecule has 0 aliphatic carbocycles. The van der Waals surface area contributed by atoms with Crippen LogP contribution in [0.4, 0.5) is 0 Å². The van der Waals surface area contributed by atoms with Crippen molar-refractivity contribution < 1.29 is 4.74 Å². The van der Waals surface area contributed by atoms with E-state index >= 15 is 0 Å². The minimum atomic E-state index is -0.155. The van der Waals surface area contributed by atoms with E-state index in [1.807, 2.05) is 24.3 Å². The van der Waals surface area contributed by atoms with E-state index in [4.69, 9.17) is 10.5 Å². The normalized spacial score (nSPS) is 13.8. The average molecular weight is 269 g/mol. The van der Waals surface area contributed by atoms with Crippen molar-refractivity contribution in [3.8, 4) is 5.75 Å². The van der Waals surface area contributed by atoms with Gasteiger partial charge in [0.1, 0.15) is 5.75 Å². The van der Waals surface area contributed by atoms with E-state index in [-0.39, 0.29) is 6.04 Å². The smallest absolute Gasteiger partial charge is 0.123 e. The first kappa shape index (κ1) is 14.6. The highest BCUT2D eigenvalue weighted by Gasteiger charge is 2.13. The second-order valence-electron chi connectivity index (χ2n) is 5.20. The summed E-state index contributed by atoms with van der Waals surface area (Å²) in [7, 11) is 1.68. The molecule has 2 aromatic rings. The summed E-state index contributed by atoms with van der Waals surface area (Å²) in [5.74, 6) is 1.43. The minimum Gasteiger partial charge on any atom is -0.496 e. The van der Waals surface area contributed by atoms with E-state index in [9.17, 15) is 0 Å². The van der Waals surface area contributed by atoms with E-state index in [1.165, 1.54) is 5.56 Å². The minimum absolute atomic E-state index is 0.155. The number of ether oxygens (including phenoxy) is 1. The quantitative estimate of drug-likeness (QED) is 0.880. The summed E-state index contributed by atoms with van der Waals surface area (Å²) in [6.45, 7) is 4.45. The van der Waals surface area contributed by atoms with Crippen LogP contribution in [0.3, 0.4) is 0 Å². The fraction of sp³-hybridized carbons (Fsp3) is 0.333. The van der Waals surface area contributed by atoms with Crippen molar-refractivity contribution in [2.24, 2.45) is 5.73 Å². The zero-order chi connectivity index (χ0) is 14.5. The van der Waals surface area contributed by atoms with Gasteiger partial charge < -0.3 is 10.5 Å². The van der Waals surface area contributed by atoms with Crippen LogP contribution in [0.25, 0.3) is 0 Å². The van der Waals surface area contributed by atoms with Crippen LogP contribution in [0.1, 0.15) is 48.9 Å². The van der Waals surface area contributed by atoms with Crippen LogP contribution in [-0.2, 0) is 0 Å². The van der Waals surface area contributed by atoms with Gasteiger partial charge >= 0.3 is 0 Å². The molecule has 0 aliphatic rings. The van der Waals surface area contributed by atoms with Gasteiger partial charge in [0, 0.05) is 5.56 Å². The second-order valence-corrected chi connectivity index (χ2v) is 5.20. The molecule has 0 spiro atoms. The standard InChI is InChI=1S/C18H23NO/c1-4-13(2)14-9-11-15(12-10-14)18(19)16-7-5-6-8-17(16)20-3/h5-13,18H,4,19H2,1-3H3. The summed E-state index contributed by atoms with van der Waals surface area (Å²) in [6.07, 6.45) is 1.15. The van der Waals surface area contributed by atoms with Crippen molar-refractivity contribution in [3.63, 3.8) is 0 Å². The lowest BCUT2D eigenvalue weighted by Crippen LogP contribution is -2.13. The first-order valence-corrected chi connectivity index (χ1v) is 7.15. The summed E-state index contributed by atoms with van der Waals surface area (Å²) in [6, 6.07) is 16.4. The number of para-hydroxylation sites is 1. The first-order chi connectivity index (χ1) is 9.67. The molecule has 0 saturated heterocycles. The summed E-state index contributed by atoms with van der Waals surface area (Å²) < 4.78 is 5.39. The van der Waals surface area contributed by atoms with Crippen LogP contribution >= 0.6 is 0 Å². The molecular weight excluding hydrogens is 246 g/mol. The third-order valence-electron chi connectivity index (χ3n) is 3.95. The van der Waals surface area contributed by atoms with Crippen molar-refractivity contribution in [2.75, 3.05) is 7.11 Å². The summed E-state index contributed by atoms with van der Waals surface area (Å²) in [5.41, 5.74) is 9.87. The molecule has 0 fully saturated rings. The Morgan fingerprint density at radius 3 is 2.20 bits per heavy atom. The largest absolute Gasteiger partial charge is 0.496 e. The van der Waals surface area contributed by atoms with E-state index in [0.29, 0.717) is 5.92 Å². The van der Waals surface area contributed by atoms with Gasteiger partial charge in [-0.25, -0.2) is 0 Å². The van der Waals surface area contributed by atoms with Crippen molar-refractivity contribution in [2.45, 2.75) is 32.2 Å². The monoisotopic (exact) mass is 269 g/mol. The van der Waals surface area contributed by atoms with Gasteiger partial charge in [-0.1, -0.05) is 56.3 Å². The molecule has 0 radical (unpaired) electrons. The first-order valence-electron chi connectivity index (χ1n) is 7.15. The molecule has 2 atom stereocenters. The van der Waals surface area contributed by atoms with Crippen molar-refractivity contribution >= 4 is 0 Å². The molecule has 0 aromatic heterocycles. The van der Waals surface area contributed by atoms with Crippen LogP contribution in [0.15, 0.2) is 48.5 Å². The van der Waals surface area contributed by atoms with Crippen molar-refractivity contribution in [1.82, 2.24) is 0 Å². The van der Waals surface area contributed by atoms with Crippen LogP contribution in [-0.4, -0.2) is 7.11 Å². The number of hydrogen-bond donors (Lipinski definition) is 1. The number of methoxy groups -OCH3 is 1. The maximum absolute atomic E-state index is 6.37. The third kappa shape index (κ3) is 3.02. The van der Waals surface area contributed by atoms with E-state index < -0.39 is 0 Å². The Balaban J connectivity index is 2.27. The fourth-order valence-electron chi connectivity index (χ4n) is 2.37. The van der Waals surface area contributed by atoms with E-state index in [1.54, 1.807) is 7.11 Å². The lowest BCUT2D eigenvalue weighted by molar-refractivity contribution is 0.408. The Hall–Kier alpha value is -1.80. The molecule has 106 valence electrons. The predicted molar refractivity (Wildman–Crippen MR) is 84.2 cm³/mol. The van der Waals surface area contributed by atoms with Gasteiger partial charge in [0.25, 0.3) is 0 Å². The molecule has 0 amide bonds. The highest BCUT2D eigenvalue weighted by atomic mass is 16.5. The summed E-state index contributed by atoms with van der Waals surface area (Å²) in [5, 5.41) is 0. The molecule has 2 heteroatoms. The topological polar surface area (TPSA) is 35.2 Å². The van der Waals surface area contributed by atoms with Gasteiger partial charge in [-0.15, -0.1) is 0 Å². The fourth-order valence-corrected chi connectivity index (χ4v) is 2.37. The number of rotatable bonds is 5. The molecule has 2 rings (SSSR count). The lowest BCUT2D eigenvalue weighted by atomic mass is 9.94. The van der Waals surface area contributed by atoms with Crippen LogP contribution in [0.5, 0.6) is 5.75 Å². The maximum Gasteiger partial charge on any atom is 0.123 e. The van der Waals surface area contributed by atoms with Gasteiger partial charge in [0.2, 0.25) is 0 Å². The van der Waals surface area contributed by atoms with Crippen molar-refractivity contribution in [1.29, 1.82) is 0 Å².